The summed E-state index contributed by atoms with van der Waals surface area (Å²) in [6, 6.07) is 10.2. The van der Waals surface area contributed by atoms with Crippen molar-refractivity contribution in [3.63, 3.8) is 0 Å². The molecule has 2 heteroatoms. The quantitative estimate of drug-likeness (QED) is 0.831. The van der Waals surface area contributed by atoms with Gasteiger partial charge in [0.1, 0.15) is 0 Å². The second-order valence-corrected chi connectivity index (χ2v) is 4.19. The molecule has 2 nitrogen and oxygen atoms in total. The van der Waals surface area contributed by atoms with Crippen molar-refractivity contribution in [2.24, 2.45) is 5.73 Å². The van der Waals surface area contributed by atoms with E-state index in [4.69, 9.17) is 5.73 Å². The highest BCUT2D eigenvalue weighted by Crippen LogP contribution is 2.20. The Morgan fingerprint density at radius 3 is 2.31 bits per heavy atom. The molecule has 1 atom stereocenters. The van der Waals surface area contributed by atoms with Crippen LogP contribution in [0.15, 0.2) is 42.7 Å². The van der Waals surface area contributed by atoms with Crippen molar-refractivity contribution >= 4 is 0 Å². The summed E-state index contributed by atoms with van der Waals surface area (Å²) in [5.41, 5.74) is 10.9. The van der Waals surface area contributed by atoms with Gasteiger partial charge in [-0.25, -0.2) is 0 Å². The van der Waals surface area contributed by atoms with E-state index in [1.54, 1.807) is 6.20 Å². The van der Waals surface area contributed by atoms with Crippen LogP contribution in [0, 0.1) is 13.8 Å². The Morgan fingerprint density at radius 1 is 1.06 bits per heavy atom. The van der Waals surface area contributed by atoms with E-state index in [9.17, 15) is 0 Å². The number of benzene rings is 1. The predicted octanol–water partition coefficient (Wildman–Crippen LogP) is 2.75. The molecule has 16 heavy (non-hydrogen) atoms. The summed E-state index contributed by atoms with van der Waals surface area (Å²) in [5, 5.41) is 0. The van der Waals surface area contributed by atoms with Crippen LogP contribution < -0.4 is 5.73 Å². The number of aryl methyl sites for hydroxylation is 2. The molecule has 0 amide bonds. The lowest BCUT2D eigenvalue weighted by molar-refractivity contribution is 0.860. The Balaban J connectivity index is 2.37. The standard InChI is InChI=1S/C14H16N2/c1-10-6-11(2)8-13(7-10)14(15)12-4-3-5-16-9-12/h3-9,14H,15H2,1-2H3/t14-/m0/s1. The fraction of sp³-hybridized carbons (Fsp3) is 0.214. The van der Waals surface area contributed by atoms with Gasteiger partial charge in [-0.1, -0.05) is 35.4 Å². The highest BCUT2D eigenvalue weighted by Gasteiger charge is 2.09. The van der Waals surface area contributed by atoms with Gasteiger partial charge in [0.25, 0.3) is 0 Å². The molecule has 82 valence electrons. The molecule has 0 fully saturated rings. The van der Waals surface area contributed by atoms with Crippen molar-refractivity contribution < 1.29 is 0 Å². The Labute approximate surface area is 96.1 Å². The summed E-state index contributed by atoms with van der Waals surface area (Å²) in [6.45, 7) is 4.18. The molecule has 2 N–H and O–H groups in total. The minimum Gasteiger partial charge on any atom is -0.320 e. The summed E-state index contributed by atoms with van der Waals surface area (Å²) >= 11 is 0. The first-order valence-corrected chi connectivity index (χ1v) is 5.40. The maximum absolute atomic E-state index is 6.21. The molecule has 1 aromatic carbocycles. The average Bonchev–Trinajstić information content (AvgIpc) is 2.28. The first-order chi connectivity index (χ1) is 7.66. The summed E-state index contributed by atoms with van der Waals surface area (Å²) < 4.78 is 0. The number of nitrogens with zero attached hydrogens (tertiary/aromatic N) is 1. The Hall–Kier alpha value is -1.67. The molecule has 0 saturated heterocycles. The maximum Gasteiger partial charge on any atom is 0.0567 e. The van der Waals surface area contributed by atoms with E-state index in [0.29, 0.717) is 0 Å². The second-order valence-electron chi connectivity index (χ2n) is 4.19. The zero-order chi connectivity index (χ0) is 11.5. The van der Waals surface area contributed by atoms with E-state index in [2.05, 4.69) is 37.0 Å². The van der Waals surface area contributed by atoms with Crippen LogP contribution in [-0.4, -0.2) is 4.98 Å². The average molecular weight is 212 g/mol. The van der Waals surface area contributed by atoms with Crippen molar-refractivity contribution in [3.8, 4) is 0 Å². The summed E-state index contributed by atoms with van der Waals surface area (Å²) in [7, 11) is 0. The molecule has 2 rings (SSSR count). The highest BCUT2D eigenvalue weighted by molar-refractivity contribution is 5.35. The molecule has 1 heterocycles. The lowest BCUT2D eigenvalue weighted by Gasteiger charge is -2.13. The fourth-order valence-electron chi connectivity index (χ4n) is 1.94. The summed E-state index contributed by atoms with van der Waals surface area (Å²) in [4.78, 5) is 4.10. The summed E-state index contributed by atoms with van der Waals surface area (Å²) in [5.74, 6) is 0. The van der Waals surface area contributed by atoms with E-state index in [-0.39, 0.29) is 6.04 Å². The third-order valence-electron chi connectivity index (χ3n) is 2.65. The molecular weight excluding hydrogens is 196 g/mol. The molecular formula is C14H16N2. The molecule has 0 aliphatic carbocycles. The van der Waals surface area contributed by atoms with E-state index in [1.807, 2.05) is 18.3 Å². The monoisotopic (exact) mass is 212 g/mol. The Morgan fingerprint density at radius 2 is 1.75 bits per heavy atom. The minimum atomic E-state index is -0.0905. The third kappa shape index (κ3) is 2.28. The van der Waals surface area contributed by atoms with Crippen LogP contribution in [0.3, 0.4) is 0 Å². The maximum atomic E-state index is 6.21. The van der Waals surface area contributed by atoms with Crippen molar-refractivity contribution in [2.75, 3.05) is 0 Å². The van der Waals surface area contributed by atoms with Gasteiger partial charge in [0.15, 0.2) is 0 Å². The van der Waals surface area contributed by atoms with Crippen LogP contribution in [0.2, 0.25) is 0 Å². The SMILES string of the molecule is Cc1cc(C)cc([C@@H](N)c2cccnc2)c1. The van der Waals surface area contributed by atoms with Gasteiger partial charge in [0.05, 0.1) is 6.04 Å². The van der Waals surface area contributed by atoms with Gasteiger partial charge in [-0.3, -0.25) is 4.98 Å². The van der Waals surface area contributed by atoms with E-state index in [1.165, 1.54) is 11.1 Å². The molecule has 0 aliphatic heterocycles. The Kier molecular flexibility index (Phi) is 3.02. The van der Waals surface area contributed by atoms with Crippen molar-refractivity contribution in [3.05, 3.63) is 65.0 Å². The summed E-state index contributed by atoms with van der Waals surface area (Å²) in [6.07, 6.45) is 3.58. The van der Waals surface area contributed by atoms with Crippen molar-refractivity contribution in [1.82, 2.24) is 4.98 Å². The van der Waals surface area contributed by atoms with Gasteiger partial charge in [0, 0.05) is 12.4 Å². The minimum absolute atomic E-state index is 0.0905. The number of rotatable bonds is 2. The third-order valence-corrected chi connectivity index (χ3v) is 2.65. The smallest absolute Gasteiger partial charge is 0.0567 e. The Bertz CT molecular complexity index is 457. The molecule has 0 saturated carbocycles. The number of hydrogen-bond donors (Lipinski definition) is 1. The van der Waals surface area contributed by atoms with E-state index < -0.39 is 0 Å². The first kappa shape index (κ1) is 10.8. The van der Waals surface area contributed by atoms with Crippen LogP contribution in [0.25, 0.3) is 0 Å². The lowest BCUT2D eigenvalue weighted by Crippen LogP contribution is -2.12. The largest absolute Gasteiger partial charge is 0.320 e. The number of nitrogens with two attached hydrogens (primary N) is 1. The number of hydrogen-bond acceptors (Lipinski definition) is 2. The molecule has 0 bridgehead atoms. The molecule has 1 aromatic heterocycles. The van der Waals surface area contributed by atoms with Crippen LogP contribution in [0.1, 0.15) is 28.3 Å². The van der Waals surface area contributed by atoms with Gasteiger partial charge in [0.2, 0.25) is 0 Å². The van der Waals surface area contributed by atoms with Crippen LogP contribution in [0.5, 0.6) is 0 Å². The van der Waals surface area contributed by atoms with Gasteiger partial charge in [-0.15, -0.1) is 0 Å². The zero-order valence-electron chi connectivity index (χ0n) is 9.64. The highest BCUT2D eigenvalue weighted by atomic mass is 14.7. The van der Waals surface area contributed by atoms with Gasteiger partial charge in [-0.2, -0.15) is 0 Å². The molecule has 0 aliphatic rings. The second kappa shape index (κ2) is 4.45. The molecule has 2 aromatic rings. The molecule has 0 radical (unpaired) electrons. The zero-order valence-corrected chi connectivity index (χ0v) is 9.64. The first-order valence-electron chi connectivity index (χ1n) is 5.40. The molecule has 0 spiro atoms. The van der Waals surface area contributed by atoms with Crippen LogP contribution >= 0.6 is 0 Å². The topological polar surface area (TPSA) is 38.9 Å². The normalized spacial score (nSPS) is 12.4. The van der Waals surface area contributed by atoms with Crippen molar-refractivity contribution in [1.29, 1.82) is 0 Å². The van der Waals surface area contributed by atoms with Crippen LogP contribution in [0.4, 0.5) is 0 Å². The predicted molar refractivity (Wildman–Crippen MR) is 66.2 cm³/mol. The number of pyridine rings is 1. The number of aromatic nitrogens is 1. The lowest BCUT2D eigenvalue weighted by atomic mass is 9.97. The molecule has 0 unspecified atom stereocenters. The van der Waals surface area contributed by atoms with Gasteiger partial charge >= 0.3 is 0 Å². The van der Waals surface area contributed by atoms with Crippen molar-refractivity contribution in [2.45, 2.75) is 19.9 Å². The van der Waals surface area contributed by atoms with Gasteiger partial charge in [-0.05, 0) is 31.0 Å². The van der Waals surface area contributed by atoms with Crippen LogP contribution in [-0.2, 0) is 0 Å². The van der Waals surface area contributed by atoms with Gasteiger partial charge < -0.3 is 5.73 Å². The fourth-order valence-corrected chi connectivity index (χ4v) is 1.94. The van der Waals surface area contributed by atoms with E-state index in [0.717, 1.165) is 11.1 Å². The van der Waals surface area contributed by atoms with E-state index >= 15 is 0 Å².